The number of aliphatic imine (C=N–C) groups is 1. The van der Waals surface area contributed by atoms with E-state index in [1.165, 1.54) is 0 Å². The van der Waals surface area contributed by atoms with E-state index in [9.17, 15) is 0 Å². The first kappa shape index (κ1) is 12.5. The van der Waals surface area contributed by atoms with Gasteiger partial charge in [0.05, 0.1) is 11.0 Å². The normalized spacial score (nSPS) is 13.1. The second-order valence-electron chi connectivity index (χ2n) is 3.88. The van der Waals surface area contributed by atoms with Gasteiger partial charge in [0.25, 0.3) is 0 Å². The van der Waals surface area contributed by atoms with Gasteiger partial charge in [0.2, 0.25) is 0 Å². The second-order valence-corrected chi connectivity index (χ2v) is 4.27. The summed E-state index contributed by atoms with van der Waals surface area (Å²) in [6.45, 7) is 1.83. The molecule has 0 saturated heterocycles. The smallest absolute Gasteiger partial charge is 0.129 e. The van der Waals surface area contributed by atoms with Crippen molar-refractivity contribution < 1.29 is 0 Å². The fourth-order valence-electron chi connectivity index (χ4n) is 1.66. The van der Waals surface area contributed by atoms with Crippen LogP contribution in [0.5, 0.6) is 0 Å². The van der Waals surface area contributed by atoms with Gasteiger partial charge in [-0.05, 0) is 25.1 Å². The molecule has 0 fully saturated rings. The van der Waals surface area contributed by atoms with Gasteiger partial charge in [0, 0.05) is 36.3 Å². The SMILES string of the molecule is CN=CC(=C(C)N)c1cnc2ccc(Cl)nc2c1. The van der Waals surface area contributed by atoms with E-state index in [0.717, 1.165) is 22.2 Å². The average molecular weight is 261 g/mol. The second kappa shape index (κ2) is 5.14. The Bertz CT molecular complexity index is 642. The first-order chi connectivity index (χ1) is 8.61. The molecule has 18 heavy (non-hydrogen) atoms. The Morgan fingerprint density at radius 3 is 2.83 bits per heavy atom. The highest BCUT2D eigenvalue weighted by molar-refractivity contribution is 6.29. The predicted molar refractivity (Wildman–Crippen MR) is 75.7 cm³/mol. The Balaban J connectivity index is 2.62. The number of rotatable bonds is 2. The fourth-order valence-corrected chi connectivity index (χ4v) is 1.82. The van der Waals surface area contributed by atoms with Crippen LogP contribution in [0.25, 0.3) is 16.6 Å². The van der Waals surface area contributed by atoms with Gasteiger partial charge in [-0.3, -0.25) is 9.98 Å². The van der Waals surface area contributed by atoms with Crippen molar-refractivity contribution in [3.63, 3.8) is 0 Å². The molecule has 0 amide bonds. The average Bonchev–Trinajstić information content (AvgIpc) is 2.34. The molecule has 0 aromatic carbocycles. The molecular formula is C13H13ClN4. The number of fused-ring (bicyclic) bond motifs is 1. The molecule has 0 aliphatic rings. The topological polar surface area (TPSA) is 64.2 Å². The van der Waals surface area contributed by atoms with E-state index in [1.807, 2.05) is 19.1 Å². The van der Waals surface area contributed by atoms with Gasteiger partial charge in [-0.25, -0.2) is 4.98 Å². The van der Waals surface area contributed by atoms with Crippen molar-refractivity contribution in [3.8, 4) is 0 Å². The molecule has 2 aromatic heterocycles. The summed E-state index contributed by atoms with van der Waals surface area (Å²) in [6.07, 6.45) is 3.47. The first-order valence-corrected chi connectivity index (χ1v) is 5.81. The van der Waals surface area contributed by atoms with Gasteiger partial charge >= 0.3 is 0 Å². The summed E-state index contributed by atoms with van der Waals surface area (Å²) in [5.74, 6) is 0. The first-order valence-electron chi connectivity index (χ1n) is 5.43. The van der Waals surface area contributed by atoms with E-state index >= 15 is 0 Å². The summed E-state index contributed by atoms with van der Waals surface area (Å²) >= 11 is 5.87. The van der Waals surface area contributed by atoms with Crippen LogP contribution in [0.4, 0.5) is 0 Å². The Morgan fingerprint density at radius 1 is 1.39 bits per heavy atom. The molecule has 0 radical (unpaired) electrons. The quantitative estimate of drug-likeness (QED) is 0.667. The third-order valence-corrected chi connectivity index (χ3v) is 2.71. The van der Waals surface area contributed by atoms with Crippen LogP contribution in [0.1, 0.15) is 12.5 Å². The van der Waals surface area contributed by atoms with Gasteiger partial charge in [-0.2, -0.15) is 0 Å². The van der Waals surface area contributed by atoms with Crippen LogP contribution in [0.2, 0.25) is 5.15 Å². The molecule has 0 unspecified atom stereocenters. The minimum Gasteiger partial charge on any atom is -0.402 e. The number of aromatic nitrogens is 2. The summed E-state index contributed by atoms with van der Waals surface area (Å²) in [4.78, 5) is 12.6. The summed E-state index contributed by atoms with van der Waals surface area (Å²) in [7, 11) is 1.70. The largest absolute Gasteiger partial charge is 0.402 e. The van der Waals surface area contributed by atoms with Crippen molar-refractivity contribution in [2.75, 3.05) is 7.05 Å². The number of allylic oxidation sites excluding steroid dienone is 2. The van der Waals surface area contributed by atoms with Gasteiger partial charge in [0.1, 0.15) is 5.15 Å². The van der Waals surface area contributed by atoms with Gasteiger partial charge in [0.15, 0.2) is 0 Å². The Kier molecular flexibility index (Phi) is 3.58. The Labute approximate surface area is 110 Å². The highest BCUT2D eigenvalue weighted by Crippen LogP contribution is 2.19. The number of hydrogen-bond donors (Lipinski definition) is 1. The molecule has 0 saturated carbocycles. The van der Waals surface area contributed by atoms with Crippen molar-refractivity contribution in [2.24, 2.45) is 10.7 Å². The highest BCUT2D eigenvalue weighted by Gasteiger charge is 2.05. The lowest BCUT2D eigenvalue weighted by Crippen LogP contribution is -2.00. The van der Waals surface area contributed by atoms with Crippen LogP contribution < -0.4 is 5.73 Å². The number of hydrogen-bond acceptors (Lipinski definition) is 4. The minimum atomic E-state index is 0.445. The van der Waals surface area contributed by atoms with Crippen molar-refractivity contribution in [1.82, 2.24) is 9.97 Å². The molecular weight excluding hydrogens is 248 g/mol. The van der Waals surface area contributed by atoms with Crippen molar-refractivity contribution in [2.45, 2.75) is 6.92 Å². The van der Waals surface area contributed by atoms with E-state index < -0.39 is 0 Å². The van der Waals surface area contributed by atoms with Gasteiger partial charge < -0.3 is 5.73 Å². The number of halogens is 1. The Hall–Kier alpha value is -1.94. The standard InChI is InChI=1S/C13H13ClN4/c1-8(15)10(7-16-2)9-5-12-11(17-6-9)3-4-13(14)18-12/h3-7H,15H2,1-2H3. The van der Waals surface area contributed by atoms with Crippen molar-refractivity contribution >= 4 is 34.4 Å². The van der Waals surface area contributed by atoms with E-state index in [2.05, 4.69) is 15.0 Å². The van der Waals surface area contributed by atoms with E-state index in [1.54, 1.807) is 25.5 Å². The molecule has 2 aromatic rings. The molecule has 0 spiro atoms. The maximum atomic E-state index is 5.87. The maximum Gasteiger partial charge on any atom is 0.129 e. The molecule has 2 N–H and O–H groups in total. The lowest BCUT2D eigenvalue weighted by Gasteiger charge is -2.05. The maximum absolute atomic E-state index is 5.87. The van der Waals surface area contributed by atoms with Crippen LogP contribution in [-0.2, 0) is 0 Å². The Morgan fingerprint density at radius 2 is 2.17 bits per heavy atom. The summed E-state index contributed by atoms with van der Waals surface area (Å²) in [5.41, 5.74) is 9.78. The van der Waals surface area contributed by atoms with Crippen molar-refractivity contribution in [3.05, 3.63) is 40.8 Å². The summed E-state index contributed by atoms with van der Waals surface area (Å²) < 4.78 is 0. The van der Waals surface area contributed by atoms with Crippen LogP contribution >= 0.6 is 11.6 Å². The summed E-state index contributed by atoms with van der Waals surface area (Å²) in [5, 5.41) is 0.445. The molecule has 0 bridgehead atoms. The minimum absolute atomic E-state index is 0.445. The third-order valence-electron chi connectivity index (χ3n) is 2.50. The zero-order valence-corrected chi connectivity index (χ0v) is 10.9. The van der Waals surface area contributed by atoms with Gasteiger partial charge in [-0.1, -0.05) is 11.6 Å². The zero-order valence-electron chi connectivity index (χ0n) is 10.2. The van der Waals surface area contributed by atoms with E-state index in [-0.39, 0.29) is 0 Å². The monoisotopic (exact) mass is 260 g/mol. The van der Waals surface area contributed by atoms with Gasteiger partial charge in [-0.15, -0.1) is 0 Å². The molecule has 5 heteroatoms. The van der Waals surface area contributed by atoms with E-state index in [0.29, 0.717) is 10.9 Å². The van der Waals surface area contributed by atoms with Crippen LogP contribution in [0.3, 0.4) is 0 Å². The lowest BCUT2D eigenvalue weighted by molar-refractivity contribution is 1.29. The van der Waals surface area contributed by atoms with Crippen molar-refractivity contribution in [1.29, 1.82) is 0 Å². The van der Waals surface area contributed by atoms with E-state index in [4.69, 9.17) is 17.3 Å². The predicted octanol–water partition coefficient (Wildman–Crippen LogP) is 2.67. The number of nitrogens with zero attached hydrogens (tertiary/aromatic N) is 3. The molecule has 0 aliphatic heterocycles. The van der Waals surface area contributed by atoms with Crippen LogP contribution in [-0.4, -0.2) is 23.2 Å². The zero-order chi connectivity index (χ0) is 13.1. The molecule has 4 nitrogen and oxygen atoms in total. The molecule has 92 valence electrons. The molecule has 0 atom stereocenters. The number of nitrogens with two attached hydrogens (primary N) is 1. The van der Waals surface area contributed by atoms with Crippen LogP contribution in [0, 0.1) is 0 Å². The molecule has 0 aliphatic carbocycles. The molecule has 2 heterocycles. The fraction of sp³-hybridized carbons (Fsp3) is 0.154. The van der Waals surface area contributed by atoms with Crippen LogP contribution in [0.15, 0.2) is 35.1 Å². The lowest BCUT2D eigenvalue weighted by atomic mass is 10.1. The molecule has 2 rings (SSSR count). The number of pyridine rings is 2. The third kappa shape index (κ3) is 2.49. The highest BCUT2D eigenvalue weighted by atomic mass is 35.5. The summed E-state index contributed by atoms with van der Waals surface area (Å²) in [6, 6.07) is 5.46.